The molecule has 278 valence electrons. The number of benzene rings is 2. The van der Waals surface area contributed by atoms with Crippen LogP contribution in [-0.2, 0) is 25.8 Å². The number of rotatable bonds is 12. The number of carbonyl (C=O) groups is 3. The van der Waals surface area contributed by atoms with Crippen LogP contribution in [0.15, 0.2) is 54.0 Å². The van der Waals surface area contributed by atoms with Gasteiger partial charge in [-0.15, -0.1) is 11.3 Å². The van der Waals surface area contributed by atoms with Gasteiger partial charge in [0.2, 0.25) is 11.8 Å². The number of nitrogens with one attached hydrogen (secondary N) is 3. The summed E-state index contributed by atoms with van der Waals surface area (Å²) in [5.41, 5.74) is 3.10. The fraction of sp³-hybridized carbons (Fsp3) is 0.579. The van der Waals surface area contributed by atoms with E-state index in [0.717, 1.165) is 47.7 Å². The highest BCUT2D eigenvalue weighted by molar-refractivity contribution is 7.92. The predicted molar refractivity (Wildman–Crippen MR) is 201 cm³/mol. The number of thiazole rings is 1. The first kappa shape index (κ1) is 38.8. The van der Waals surface area contributed by atoms with E-state index in [4.69, 9.17) is 0 Å². The number of carbonyl (C=O) groups excluding carboxylic acids is 3. The molecule has 1 saturated carbocycles. The molecule has 3 aromatic rings. The van der Waals surface area contributed by atoms with Crippen molar-refractivity contribution in [1.29, 1.82) is 0 Å². The lowest BCUT2D eigenvalue weighted by Crippen LogP contribution is -2.64. The molecule has 1 aromatic heterocycles. The Labute approximate surface area is 305 Å². The minimum atomic E-state index is -3.88. The zero-order chi connectivity index (χ0) is 37.1. The number of fused-ring (bicyclic) bond motifs is 2. The van der Waals surface area contributed by atoms with Crippen molar-refractivity contribution in [2.45, 2.75) is 108 Å². The zero-order valence-corrected chi connectivity index (χ0v) is 32.1. The van der Waals surface area contributed by atoms with Crippen molar-refractivity contribution in [3.8, 4) is 0 Å². The lowest BCUT2D eigenvalue weighted by molar-refractivity contribution is -0.133. The monoisotopic (exact) mass is 739 g/mol. The molecule has 0 spiro atoms. The Kier molecular flexibility index (Phi) is 11.9. The zero-order valence-electron chi connectivity index (χ0n) is 30.5. The van der Waals surface area contributed by atoms with E-state index in [9.17, 15) is 27.9 Å². The number of aliphatic hydroxyl groups excluding tert-OH is 1. The maximum absolute atomic E-state index is 14.3. The molecule has 1 saturated heterocycles. The third-order valence-corrected chi connectivity index (χ3v) is 13.5. The van der Waals surface area contributed by atoms with Crippen molar-refractivity contribution in [3.05, 3.63) is 65.2 Å². The summed E-state index contributed by atoms with van der Waals surface area (Å²) >= 11 is 1.37. The van der Waals surface area contributed by atoms with E-state index in [0.29, 0.717) is 24.8 Å². The number of β-amino-alcohol motifs (C(OH)–C–C–N with tert-alkyl or cyclic N) is 1. The van der Waals surface area contributed by atoms with Gasteiger partial charge in [0.1, 0.15) is 6.04 Å². The second kappa shape index (κ2) is 15.7. The van der Waals surface area contributed by atoms with Crippen LogP contribution in [0.4, 0.5) is 0 Å². The number of likely N-dealkylation sites (tertiary alicyclic amines) is 1. The molecule has 1 aliphatic heterocycles. The fourth-order valence-corrected chi connectivity index (χ4v) is 8.70. The molecule has 5 rings (SSSR count). The van der Waals surface area contributed by atoms with E-state index in [1.54, 1.807) is 23.7 Å². The molecular weight excluding hydrogens is 687 g/mol. The van der Waals surface area contributed by atoms with Crippen LogP contribution in [0.2, 0.25) is 0 Å². The Hall–Kier alpha value is -3.39. The van der Waals surface area contributed by atoms with E-state index >= 15 is 0 Å². The van der Waals surface area contributed by atoms with Crippen LogP contribution in [-0.4, -0.2) is 95.0 Å². The summed E-state index contributed by atoms with van der Waals surface area (Å²) in [4.78, 5) is 47.9. The van der Waals surface area contributed by atoms with E-state index in [1.165, 1.54) is 25.2 Å². The number of hydrogen-bond acceptors (Lipinski definition) is 9. The maximum atomic E-state index is 14.3. The van der Waals surface area contributed by atoms with Crippen molar-refractivity contribution in [3.63, 3.8) is 0 Å². The highest BCUT2D eigenvalue weighted by atomic mass is 32.2. The predicted octanol–water partition coefficient (Wildman–Crippen LogP) is 4.10. The van der Waals surface area contributed by atoms with E-state index in [1.807, 2.05) is 51.1 Å². The van der Waals surface area contributed by atoms with Gasteiger partial charge in [-0.1, -0.05) is 49.6 Å². The molecule has 6 unspecified atom stereocenters. The molecule has 0 radical (unpaired) electrons. The van der Waals surface area contributed by atoms with Crippen LogP contribution in [0.5, 0.6) is 0 Å². The Morgan fingerprint density at radius 3 is 2.35 bits per heavy atom. The third-order valence-electron chi connectivity index (χ3n) is 10.6. The van der Waals surface area contributed by atoms with Gasteiger partial charge in [0.25, 0.3) is 5.91 Å². The number of aliphatic hydroxyl groups is 1. The minimum absolute atomic E-state index is 0.0726. The molecule has 2 heterocycles. The first-order chi connectivity index (χ1) is 23.9. The standard InChI is InChI=1S/C38H53N5O6S2/c1-37(2,3)42-35(46)30-19-25-14-10-11-15-27(25)21-43(30)22-31(44)29(18-24-12-8-7-9-13-24)40-36(47)33(38(4,5)51(6,48)49)41-34(45)26-16-17-28-32(20-26)50-23-39-28/h7-9,12-13,16-17,20,23,25,27,29-31,33,44H,10-11,14-15,18-19,21-22H2,1-6H3,(H,40,47)(H,41,45)(H,42,46). The number of piperidine rings is 1. The summed E-state index contributed by atoms with van der Waals surface area (Å²) in [6, 6.07) is 11.6. The van der Waals surface area contributed by atoms with Crippen LogP contribution < -0.4 is 16.0 Å². The molecule has 2 fully saturated rings. The molecule has 1 aliphatic carbocycles. The van der Waals surface area contributed by atoms with Crippen molar-refractivity contribution >= 4 is 49.1 Å². The first-order valence-electron chi connectivity index (χ1n) is 17.8. The molecular formula is C38H53N5O6S2. The average molecular weight is 740 g/mol. The van der Waals surface area contributed by atoms with E-state index < -0.39 is 56.2 Å². The second-order valence-electron chi connectivity index (χ2n) is 15.9. The molecule has 11 nitrogen and oxygen atoms in total. The Balaban J connectivity index is 1.42. The van der Waals surface area contributed by atoms with Gasteiger partial charge in [0.05, 0.1) is 38.7 Å². The molecule has 4 N–H and O–H groups in total. The molecule has 51 heavy (non-hydrogen) atoms. The van der Waals surface area contributed by atoms with Gasteiger partial charge in [-0.25, -0.2) is 13.4 Å². The largest absolute Gasteiger partial charge is 0.390 e. The van der Waals surface area contributed by atoms with Crippen LogP contribution in [0.1, 0.15) is 82.6 Å². The molecule has 13 heteroatoms. The number of hydrogen-bond donors (Lipinski definition) is 4. The topological polar surface area (TPSA) is 158 Å². The number of aromatic nitrogens is 1. The Morgan fingerprint density at radius 2 is 1.69 bits per heavy atom. The molecule has 0 bridgehead atoms. The maximum Gasteiger partial charge on any atom is 0.252 e. The second-order valence-corrected chi connectivity index (χ2v) is 19.4. The summed E-state index contributed by atoms with van der Waals surface area (Å²) in [5.74, 6) is -0.541. The van der Waals surface area contributed by atoms with Gasteiger partial charge in [-0.2, -0.15) is 0 Å². The summed E-state index contributed by atoms with van der Waals surface area (Å²) in [6.07, 6.45) is 5.34. The highest BCUT2D eigenvalue weighted by Gasteiger charge is 2.46. The van der Waals surface area contributed by atoms with Gasteiger partial charge >= 0.3 is 0 Å². The van der Waals surface area contributed by atoms with E-state index in [2.05, 4.69) is 25.8 Å². The summed E-state index contributed by atoms with van der Waals surface area (Å²) in [6.45, 7) is 9.47. The van der Waals surface area contributed by atoms with Crippen molar-refractivity contribution < 1.29 is 27.9 Å². The SMILES string of the molecule is CC(C)(C)NC(=O)C1CC2CCCCC2CN1CC(O)C(Cc1ccccc1)NC(=O)C(NC(=O)c1ccc2ncsc2c1)C(C)(C)S(C)(=O)=O. The van der Waals surface area contributed by atoms with E-state index in [-0.39, 0.29) is 24.4 Å². The van der Waals surface area contributed by atoms with Gasteiger partial charge in [-0.3, -0.25) is 19.3 Å². The van der Waals surface area contributed by atoms with Crippen LogP contribution in [0.25, 0.3) is 10.2 Å². The average Bonchev–Trinajstić information content (AvgIpc) is 3.53. The van der Waals surface area contributed by atoms with Crippen LogP contribution in [0.3, 0.4) is 0 Å². The Morgan fingerprint density at radius 1 is 1.00 bits per heavy atom. The quantitative estimate of drug-likeness (QED) is 0.216. The van der Waals surface area contributed by atoms with Crippen LogP contribution >= 0.6 is 11.3 Å². The highest BCUT2D eigenvalue weighted by Crippen LogP contribution is 2.39. The lowest BCUT2D eigenvalue weighted by atomic mass is 9.72. The van der Waals surface area contributed by atoms with Gasteiger partial charge in [0.15, 0.2) is 9.84 Å². The first-order valence-corrected chi connectivity index (χ1v) is 20.6. The summed E-state index contributed by atoms with van der Waals surface area (Å²) in [7, 11) is -3.88. The molecule has 6 atom stereocenters. The smallest absolute Gasteiger partial charge is 0.252 e. The number of nitrogens with zero attached hydrogens (tertiary/aromatic N) is 2. The van der Waals surface area contributed by atoms with Crippen LogP contribution in [0, 0.1) is 11.8 Å². The van der Waals surface area contributed by atoms with Gasteiger partial charge in [0, 0.05) is 30.4 Å². The molecule has 2 aromatic carbocycles. The molecule has 2 aliphatic rings. The fourth-order valence-electron chi connectivity index (χ4n) is 7.39. The van der Waals surface area contributed by atoms with Gasteiger partial charge in [-0.05, 0) is 89.5 Å². The number of sulfone groups is 1. The lowest BCUT2D eigenvalue weighted by Gasteiger charge is -2.47. The minimum Gasteiger partial charge on any atom is -0.390 e. The van der Waals surface area contributed by atoms with Crippen molar-refractivity contribution in [2.24, 2.45) is 11.8 Å². The molecule has 3 amide bonds. The van der Waals surface area contributed by atoms with Crippen molar-refractivity contribution in [2.75, 3.05) is 19.3 Å². The number of amides is 3. The van der Waals surface area contributed by atoms with Crippen molar-refractivity contribution in [1.82, 2.24) is 25.8 Å². The Bertz CT molecular complexity index is 1810. The third kappa shape index (κ3) is 9.54. The summed E-state index contributed by atoms with van der Waals surface area (Å²) in [5, 5.41) is 20.8. The van der Waals surface area contributed by atoms with Gasteiger partial charge < -0.3 is 21.1 Å². The summed E-state index contributed by atoms with van der Waals surface area (Å²) < 4.78 is 25.3. The normalized spacial score (nSPS) is 22.0.